The molecule has 22 heavy (non-hydrogen) atoms. The first-order chi connectivity index (χ1) is 10.3. The molecule has 0 unspecified atom stereocenters. The van der Waals surface area contributed by atoms with Crippen LogP contribution in [0.3, 0.4) is 0 Å². The average Bonchev–Trinajstić information content (AvgIpc) is 2.77. The number of nitrogens with zero attached hydrogens (tertiary/aromatic N) is 2. The van der Waals surface area contributed by atoms with Crippen LogP contribution in [0, 0.1) is 24.0 Å². The van der Waals surface area contributed by atoms with Crippen LogP contribution in [0.5, 0.6) is 5.75 Å². The van der Waals surface area contributed by atoms with E-state index in [-0.39, 0.29) is 4.68 Å². The molecule has 2 rings (SSSR count). The van der Waals surface area contributed by atoms with Crippen molar-refractivity contribution in [3.05, 3.63) is 35.7 Å². The molecule has 0 saturated carbocycles. The lowest BCUT2D eigenvalue weighted by Crippen LogP contribution is -2.17. The molecule has 0 saturated heterocycles. The molecule has 0 atom stereocenters. The third kappa shape index (κ3) is 2.81. The van der Waals surface area contributed by atoms with Crippen LogP contribution in [0.2, 0.25) is 0 Å². The van der Waals surface area contributed by atoms with Gasteiger partial charge in [0.05, 0.1) is 11.9 Å². The minimum Gasteiger partial charge on any atom is -0.478 e. The van der Waals surface area contributed by atoms with E-state index < -0.39 is 47.2 Å². The molecule has 1 aromatic heterocycles. The summed E-state index contributed by atoms with van der Waals surface area (Å²) >= 11 is 0. The van der Waals surface area contributed by atoms with Crippen molar-refractivity contribution in [2.75, 3.05) is 12.3 Å². The number of rotatable bonds is 3. The molecule has 0 aliphatic rings. The SMILES string of the molecule is C#CCOc1cc(F)cc(F)c1-n1ncc(N)c1C(F)(F)F. The summed E-state index contributed by atoms with van der Waals surface area (Å²) in [6.07, 6.45) is 0.766. The van der Waals surface area contributed by atoms with E-state index in [2.05, 4.69) is 5.10 Å². The van der Waals surface area contributed by atoms with E-state index in [4.69, 9.17) is 16.9 Å². The van der Waals surface area contributed by atoms with Crippen LogP contribution < -0.4 is 10.5 Å². The standard InChI is InChI=1S/C13H8F5N3O/c1-2-3-22-10-5-7(14)4-8(15)11(10)21-12(13(16,17)18)9(19)6-20-21/h1,4-6H,3,19H2. The Morgan fingerprint density at radius 2 is 2.00 bits per heavy atom. The molecule has 0 amide bonds. The molecule has 9 heteroatoms. The number of ether oxygens (including phenoxy) is 1. The summed E-state index contributed by atoms with van der Waals surface area (Å²) in [6, 6.07) is 1.10. The Labute approximate surface area is 121 Å². The molecule has 1 heterocycles. The number of nitrogens with two attached hydrogens (primary N) is 1. The van der Waals surface area contributed by atoms with E-state index in [1.165, 1.54) is 0 Å². The molecule has 116 valence electrons. The summed E-state index contributed by atoms with van der Waals surface area (Å²) in [5.41, 5.74) is 2.38. The van der Waals surface area contributed by atoms with Crippen LogP contribution in [0.1, 0.15) is 5.69 Å². The first-order valence-electron chi connectivity index (χ1n) is 5.72. The Bertz CT molecular complexity index is 745. The predicted molar refractivity (Wildman–Crippen MR) is 67.2 cm³/mol. The van der Waals surface area contributed by atoms with Gasteiger partial charge < -0.3 is 10.5 Å². The summed E-state index contributed by atoms with van der Waals surface area (Å²) in [5.74, 6) is -0.829. The second-order valence-corrected chi connectivity index (χ2v) is 4.09. The lowest BCUT2D eigenvalue weighted by atomic mass is 10.2. The van der Waals surface area contributed by atoms with Gasteiger partial charge in [-0.1, -0.05) is 5.92 Å². The summed E-state index contributed by atoms with van der Waals surface area (Å²) in [7, 11) is 0. The average molecular weight is 317 g/mol. The Morgan fingerprint density at radius 3 is 2.59 bits per heavy atom. The number of terminal acetylenes is 1. The Morgan fingerprint density at radius 1 is 1.32 bits per heavy atom. The number of aromatic nitrogens is 2. The minimum absolute atomic E-state index is 0.204. The maximum atomic E-state index is 14.0. The van der Waals surface area contributed by atoms with E-state index in [1.54, 1.807) is 0 Å². The Balaban J connectivity index is 2.71. The molecule has 1 aromatic carbocycles. The number of alkyl halides is 3. The predicted octanol–water partition coefficient (Wildman–Crippen LogP) is 2.76. The highest BCUT2D eigenvalue weighted by molar-refractivity contribution is 5.53. The summed E-state index contributed by atoms with van der Waals surface area (Å²) in [4.78, 5) is 0. The third-order valence-corrected chi connectivity index (χ3v) is 2.58. The van der Waals surface area contributed by atoms with Crippen LogP contribution in [-0.2, 0) is 6.18 Å². The van der Waals surface area contributed by atoms with Crippen LogP contribution in [-0.4, -0.2) is 16.4 Å². The second kappa shape index (κ2) is 5.55. The van der Waals surface area contributed by atoms with Crippen LogP contribution in [0.15, 0.2) is 18.3 Å². The quantitative estimate of drug-likeness (QED) is 0.699. The summed E-state index contributed by atoms with van der Waals surface area (Å²) in [5, 5.41) is 3.39. The molecular formula is C13H8F5N3O. The van der Waals surface area contributed by atoms with Gasteiger partial charge in [-0.15, -0.1) is 6.42 Å². The Kier molecular flexibility index (Phi) is 3.95. The fraction of sp³-hybridized carbons (Fsp3) is 0.154. The molecule has 2 N–H and O–H groups in total. The third-order valence-electron chi connectivity index (χ3n) is 2.58. The molecule has 2 aromatic rings. The van der Waals surface area contributed by atoms with Gasteiger partial charge in [0, 0.05) is 12.1 Å². The van der Waals surface area contributed by atoms with Gasteiger partial charge in [-0.25, -0.2) is 13.5 Å². The highest BCUT2D eigenvalue weighted by atomic mass is 19.4. The van der Waals surface area contributed by atoms with Crippen molar-refractivity contribution in [3.63, 3.8) is 0 Å². The molecule has 0 fully saturated rings. The van der Waals surface area contributed by atoms with Crippen molar-refractivity contribution in [2.45, 2.75) is 6.18 Å². The lowest BCUT2D eigenvalue weighted by Gasteiger charge is -2.15. The van der Waals surface area contributed by atoms with Crippen molar-refractivity contribution in [1.82, 2.24) is 9.78 Å². The highest BCUT2D eigenvalue weighted by Crippen LogP contribution is 2.37. The van der Waals surface area contributed by atoms with Gasteiger partial charge in [-0.2, -0.15) is 18.3 Å². The van der Waals surface area contributed by atoms with Crippen molar-refractivity contribution in [2.24, 2.45) is 0 Å². The van der Waals surface area contributed by atoms with Gasteiger partial charge in [0.15, 0.2) is 17.3 Å². The molecule has 0 radical (unpaired) electrons. The maximum Gasteiger partial charge on any atom is 0.435 e. The van der Waals surface area contributed by atoms with E-state index in [0.717, 1.165) is 0 Å². The number of benzene rings is 1. The van der Waals surface area contributed by atoms with Crippen LogP contribution in [0.25, 0.3) is 5.69 Å². The maximum absolute atomic E-state index is 14.0. The van der Waals surface area contributed by atoms with Gasteiger partial charge in [0.1, 0.15) is 18.1 Å². The first-order valence-corrected chi connectivity index (χ1v) is 5.72. The molecule has 0 bridgehead atoms. The van der Waals surface area contributed by atoms with E-state index >= 15 is 0 Å². The van der Waals surface area contributed by atoms with Gasteiger partial charge >= 0.3 is 6.18 Å². The molecule has 0 aliphatic carbocycles. The summed E-state index contributed by atoms with van der Waals surface area (Å²) < 4.78 is 71.3. The normalized spacial score (nSPS) is 11.3. The van der Waals surface area contributed by atoms with Crippen molar-refractivity contribution in [3.8, 4) is 23.8 Å². The van der Waals surface area contributed by atoms with Crippen molar-refractivity contribution in [1.29, 1.82) is 0 Å². The monoisotopic (exact) mass is 317 g/mol. The lowest BCUT2D eigenvalue weighted by molar-refractivity contribution is -0.142. The van der Waals surface area contributed by atoms with Crippen molar-refractivity contribution < 1.29 is 26.7 Å². The Hall–Kier alpha value is -2.76. The molecule has 4 nitrogen and oxygen atoms in total. The van der Waals surface area contributed by atoms with E-state index in [1.807, 2.05) is 5.92 Å². The smallest absolute Gasteiger partial charge is 0.435 e. The summed E-state index contributed by atoms with van der Waals surface area (Å²) in [6.45, 7) is -0.395. The van der Waals surface area contributed by atoms with Gasteiger partial charge in [-0.05, 0) is 0 Å². The second-order valence-electron chi connectivity index (χ2n) is 4.09. The zero-order valence-electron chi connectivity index (χ0n) is 10.8. The van der Waals surface area contributed by atoms with Crippen LogP contribution in [0.4, 0.5) is 27.6 Å². The number of nitrogen functional groups attached to an aromatic ring is 1. The number of anilines is 1. The number of hydrogen-bond donors (Lipinski definition) is 1. The number of hydrogen-bond acceptors (Lipinski definition) is 3. The fourth-order valence-electron chi connectivity index (χ4n) is 1.79. The molecule has 0 spiro atoms. The van der Waals surface area contributed by atoms with E-state index in [9.17, 15) is 22.0 Å². The van der Waals surface area contributed by atoms with E-state index in [0.29, 0.717) is 18.3 Å². The molecule has 0 aliphatic heterocycles. The fourth-order valence-corrected chi connectivity index (χ4v) is 1.79. The van der Waals surface area contributed by atoms with Crippen molar-refractivity contribution >= 4 is 5.69 Å². The topological polar surface area (TPSA) is 53.1 Å². The van der Waals surface area contributed by atoms with Gasteiger partial charge in [0.25, 0.3) is 0 Å². The van der Waals surface area contributed by atoms with Gasteiger partial charge in [-0.3, -0.25) is 0 Å². The first kappa shape index (κ1) is 15.6. The largest absolute Gasteiger partial charge is 0.478 e. The zero-order chi connectivity index (χ0) is 16.5. The minimum atomic E-state index is -4.90. The number of halogens is 5. The van der Waals surface area contributed by atoms with Crippen LogP contribution >= 0.6 is 0 Å². The highest BCUT2D eigenvalue weighted by Gasteiger charge is 2.39. The zero-order valence-corrected chi connectivity index (χ0v) is 10.8. The molecular weight excluding hydrogens is 309 g/mol. The van der Waals surface area contributed by atoms with Gasteiger partial charge in [0.2, 0.25) is 0 Å².